The van der Waals surface area contributed by atoms with Gasteiger partial charge in [0.25, 0.3) is 0 Å². The zero-order chi connectivity index (χ0) is 19.6. The van der Waals surface area contributed by atoms with Crippen molar-refractivity contribution in [1.82, 2.24) is 4.90 Å². The van der Waals surface area contributed by atoms with Crippen molar-refractivity contribution in [3.8, 4) is 0 Å². The van der Waals surface area contributed by atoms with Gasteiger partial charge >= 0.3 is 0 Å². The highest BCUT2D eigenvalue weighted by Gasteiger charge is 2.32. The highest BCUT2D eigenvalue weighted by molar-refractivity contribution is 7.92. The van der Waals surface area contributed by atoms with Crippen molar-refractivity contribution in [2.24, 2.45) is 0 Å². The van der Waals surface area contributed by atoms with Crippen LogP contribution in [0.3, 0.4) is 0 Å². The molecule has 1 amide bonds. The minimum absolute atomic E-state index is 0.0232. The van der Waals surface area contributed by atoms with E-state index in [1.165, 1.54) is 11.1 Å². The molecule has 1 fully saturated rings. The van der Waals surface area contributed by atoms with E-state index in [2.05, 4.69) is 24.3 Å². The Morgan fingerprint density at radius 1 is 0.964 bits per heavy atom. The van der Waals surface area contributed by atoms with Crippen molar-refractivity contribution in [2.45, 2.75) is 49.8 Å². The van der Waals surface area contributed by atoms with Crippen molar-refractivity contribution in [2.75, 3.05) is 12.3 Å². The van der Waals surface area contributed by atoms with Crippen LogP contribution in [0.5, 0.6) is 0 Å². The van der Waals surface area contributed by atoms with Gasteiger partial charge in [0, 0.05) is 25.4 Å². The number of carbonyl (C=O) groups excluding carboxylic acids is 1. The maximum absolute atomic E-state index is 12.9. The third kappa shape index (κ3) is 4.00. The predicted octanol–water partition coefficient (Wildman–Crippen LogP) is 3.91. The van der Waals surface area contributed by atoms with Crippen molar-refractivity contribution in [3.63, 3.8) is 0 Å². The molecule has 28 heavy (non-hydrogen) atoms. The van der Waals surface area contributed by atoms with E-state index in [4.69, 9.17) is 0 Å². The standard InChI is InChI=1S/C23H27NO3S/c25-23(14-15-28(26,27)20-11-5-6-12-20)24-16-19-10-4-7-13-21(19)22(17-24)18-8-2-1-3-9-18/h1-4,7-10,13,20,22H,5-6,11-12,14-17H2/t22-/m1/s1. The second-order valence-electron chi connectivity index (χ2n) is 7.96. The summed E-state index contributed by atoms with van der Waals surface area (Å²) in [6.45, 7) is 1.16. The van der Waals surface area contributed by atoms with E-state index in [0.717, 1.165) is 31.2 Å². The summed E-state index contributed by atoms with van der Waals surface area (Å²) in [6, 6.07) is 18.5. The Bertz CT molecular complexity index is 933. The van der Waals surface area contributed by atoms with E-state index in [0.29, 0.717) is 13.1 Å². The number of fused-ring (bicyclic) bond motifs is 1. The Hall–Kier alpha value is -2.14. The van der Waals surface area contributed by atoms with Crippen LogP contribution in [-0.4, -0.2) is 36.8 Å². The van der Waals surface area contributed by atoms with Gasteiger partial charge in [-0.15, -0.1) is 0 Å². The summed E-state index contributed by atoms with van der Waals surface area (Å²) in [5, 5.41) is -0.237. The largest absolute Gasteiger partial charge is 0.337 e. The average molecular weight is 398 g/mol. The van der Waals surface area contributed by atoms with Crippen LogP contribution >= 0.6 is 0 Å². The molecule has 4 rings (SSSR count). The molecule has 5 heteroatoms. The fourth-order valence-corrected chi connectivity index (χ4v) is 6.41. The van der Waals surface area contributed by atoms with E-state index in [9.17, 15) is 13.2 Å². The second-order valence-corrected chi connectivity index (χ2v) is 10.4. The lowest BCUT2D eigenvalue weighted by atomic mass is 9.84. The number of rotatable bonds is 5. The van der Waals surface area contributed by atoms with Gasteiger partial charge in [-0.3, -0.25) is 4.79 Å². The smallest absolute Gasteiger partial charge is 0.223 e. The van der Waals surface area contributed by atoms with Gasteiger partial charge in [0.05, 0.1) is 11.0 Å². The zero-order valence-electron chi connectivity index (χ0n) is 16.1. The van der Waals surface area contributed by atoms with Crippen LogP contribution in [0.25, 0.3) is 0 Å². The zero-order valence-corrected chi connectivity index (χ0v) is 16.9. The lowest BCUT2D eigenvalue weighted by molar-refractivity contribution is -0.131. The van der Waals surface area contributed by atoms with Crippen LogP contribution in [0.15, 0.2) is 54.6 Å². The first kappa shape index (κ1) is 19.2. The summed E-state index contributed by atoms with van der Waals surface area (Å²) >= 11 is 0. The number of benzene rings is 2. The first-order chi connectivity index (χ1) is 13.5. The number of hydrogen-bond acceptors (Lipinski definition) is 3. The molecule has 0 spiro atoms. The lowest BCUT2D eigenvalue weighted by Crippen LogP contribution is -2.39. The maximum Gasteiger partial charge on any atom is 0.223 e. The van der Waals surface area contributed by atoms with Crippen LogP contribution in [0, 0.1) is 0 Å². The van der Waals surface area contributed by atoms with Crippen molar-refractivity contribution < 1.29 is 13.2 Å². The SMILES string of the molecule is O=C(CCS(=O)(=O)C1CCCC1)N1Cc2ccccc2[C@@H](c2ccccc2)C1. The van der Waals surface area contributed by atoms with Crippen LogP contribution in [0.2, 0.25) is 0 Å². The van der Waals surface area contributed by atoms with E-state index < -0.39 is 9.84 Å². The molecule has 0 N–H and O–H groups in total. The molecule has 1 aliphatic carbocycles. The van der Waals surface area contributed by atoms with Crippen LogP contribution in [0.4, 0.5) is 0 Å². The summed E-state index contributed by atoms with van der Waals surface area (Å²) in [7, 11) is -3.17. The monoisotopic (exact) mass is 397 g/mol. The molecule has 0 saturated heterocycles. The Morgan fingerprint density at radius 3 is 2.39 bits per heavy atom. The Kier molecular flexibility index (Phi) is 5.54. The molecule has 2 aromatic carbocycles. The molecule has 148 valence electrons. The predicted molar refractivity (Wildman–Crippen MR) is 111 cm³/mol. The third-order valence-electron chi connectivity index (χ3n) is 6.16. The molecule has 0 radical (unpaired) electrons. The van der Waals surface area contributed by atoms with Gasteiger partial charge in [-0.05, 0) is 29.5 Å². The highest BCUT2D eigenvalue weighted by atomic mass is 32.2. The second kappa shape index (κ2) is 8.08. The maximum atomic E-state index is 12.9. The lowest BCUT2D eigenvalue weighted by Gasteiger charge is -2.35. The molecular formula is C23H27NO3S. The van der Waals surface area contributed by atoms with E-state index in [1.54, 1.807) is 0 Å². The first-order valence-corrected chi connectivity index (χ1v) is 11.9. The van der Waals surface area contributed by atoms with Gasteiger partial charge in [-0.2, -0.15) is 0 Å². The third-order valence-corrected chi connectivity index (χ3v) is 8.42. The van der Waals surface area contributed by atoms with Crippen molar-refractivity contribution in [1.29, 1.82) is 0 Å². The minimum atomic E-state index is -3.17. The Balaban J connectivity index is 1.50. The first-order valence-electron chi connectivity index (χ1n) is 10.2. The van der Waals surface area contributed by atoms with Crippen LogP contribution in [0.1, 0.15) is 54.7 Å². The van der Waals surface area contributed by atoms with Gasteiger partial charge in [0.2, 0.25) is 5.91 Å². The van der Waals surface area contributed by atoms with Gasteiger partial charge in [-0.25, -0.2) is 8.42 Å². The highest BCUT2D eigenvalue weighted by Crippen LogP contribution is 2.34. The molecule has 4 nitrogen and oxygen atoms in total. The van der Waals surface area contributed by atoms with Crippen LogP contribution < -0.4 is 0 Å². The van der Waals surface area contributed by atoms with Crippen molar-refractivity contribution >= 4 is 15.7 Å². The quantitative estimate of drug-likeness (QED) is 0.769. The number of carbonyl (C=O) groups is 1. The molecule has 1 aliphatic heterocycles. The van der Waals surface area contributed by atoms with E-state index >= 15 is 0 Å². The van der Waals surface area contributed by atoms with E-state index in [1.807, 2.05) is 35.2 Å². The molecule has 2 aliphatic rings. The van der Waals surface area contributed by atoms with Crippen LogP contribution in [-0.2, 0) is 21.2 Å². The number of sulfone groups is 1. The van der Waals surface area contributed by atoms with Gasteiger partial charge in [-0.1, -0.05) is 67.4 Å². The van der Waals surface area contributed by atoms with Gasteiger partial charge in [0.15, 0.2) is 9.84 Å². The molecule has 2 aromatic rings. The van der Waals surface area contributed by atoms with E-state index in [-0.39, 0.29) is 29.2 Å². The Labute approximate surface area is 167 Å². The molecular weight excluding hydrogens is 370 g/mol. The van der Waals surface area contributed by atoms with Gasteiger partial charge < -0.3 is 4.90 Å². The number of nitrogens with zero attached hydrogens (tertiary/aromatic N) is 1. The number of amides is 1. The molecule has 1 saturated carbocycles. The normalized spacial score (nSPS) is 20.1. The Morgan fingerprint density at radius 2 is 1.64 bits per heavy atom. The summed E-state index contributed by atoms with van der Waals surface area (Å²) in [5.74, 6) is 0.0449. The molecule has 1 atom stereocenters. The molecule has 1 heterocycles. The summed E-state index contributed by atoms with van der Waals surface area (Å²) in [6.07, 6.45) is 3.56. The fourth-order valence-electron chi connectivity index (χ4n) is 4.57. The summed E-state index contributed by atoms with van der Waals surface area (Å²) in [5.41, 5.74) is 3.59. The fraction of sp³-hybridized carbons (Fsp3) is 0.435. The summed E-state index contributed by atoms with van der Waals surface area (Å²) < 4.78 is 25.1. The molecule has 0 aromatic heterocycles. The average Bonchev–Trinajstić information content (AvgIpc) is 3.28. The minimum Gasteiger partial charge on any atom is -0.337 e. The molecule has 0 unspecified atom stereocenters. The molecule has 0 bridgehead atoms. The summed E-state index contributed by atoms with van der Waals surface area (Å²) in [4.78, 5) is 14.7. The van der Waals surface area contributed by atoms with Gasteiger partial charge in [0.1, 0.15) is 0 Å². The number of hydrogen-bond donors (Lipinski definition) is 0. The topological polar surface area (TPSA) is 54.5 Å². The van der Waals surface area contributed by atoms with Crippen molar-refractivity contribution in [3.05, 3.63) is 71.3 Å².